The molecular weight excluding hydrogens is 363 g/mol. The average Bonchev–Trinajstić information content (AvgIpc) is 3.20. The highest BCUT2D eigenvalue weighted by molar-refractivity contribution is 7.11. The molecule has 1 aliphatic rings. The SMILES string of the molecule is Cc1nc2c(s1)CN(c1ncnn3c(C)nc(-c4ccccc4F)c13)CC2. The first-order valence-electron chi connectivity index (χ1n) is 8.77. The van der Waals surface area contributed by atoms with E-state index in [-0.39, 0.29) is 5.82 Å². The second-order valence-electron chi connectivity index (χ2n) is 6.61. The predicted octanol–water partition coefficient (Wildman–Crippen LogP) is 3.57. The summed E-state index contributed by atoms with van der Waals surface area (Å²) in [5.74, 6) is 1.19. The highest BCUT2D eigenvalue weighted by Gasteiger charge is 2.26. The van der Waals surface area contributed by atoms with Gasteiger partial charge in [0.25, 0.3) is 0 Å². The van der Waals surface area contributed by atoms with Gasteiger partial charge in [-0.05, 0) is 26.0 Å². The van der Waals surface area contributed by atoms with Crippen LogP contribution in [0.5, 0.6) is 0 Å². The van der Waals surface area contributed by atoms with Crippen molar-refractivity contribution in [3.63, 3.8) is 0 Å². The Balaban J connectivity index is 1.69. The van der Waals surface area contributed by atoms with Gasteiger partial charge in [0.15, 0.2) is 5.82 Å². The number of thiazole rings is 1. The van der Waals surface area contributed by atoms with Crippen molar-refractivity contribution in [2.75, 3.05) is 11.4 Å². The average molecular weight is 380 g/mol. The molecule has 8 heteroatoms. The van der Waals surface area contributed by atoms with Crippen LogP contribution in [0.1, 0.15) is 21.4 Å². The minimum Gasteiger partial charge on any atom is -0.349 e. The van der Waals surface area contributed by atoms with Gasteiger partial charge in [-0.15, -0.1) is 11.3 Å². The van der Waals surface area contributed by atoms with E-state index in [4.69, 9.17) is 0 Å². The number of benzene rings is 1. The highest BCUT2D eigenvalue weighted by atomic mass is 32.1. The zero-order valence-corrected chi connectivity index (χ0v) is 15.8. The topological polar surface area (TPSA) is 59.2 Å². The first kappa shape index (κ1) is 16.3. The summed E-state index contributed by atoms with van der Waals surface area (Å²) in [5.41, 5.74) is 2.96. The monoisotopic (exact) mass is 380 g/mol. The fraction of sp³-hybridized carbons (Fsp3) is 0.263. The molecule has 0 N–H and O–H groups in total. The first-order chi connectivity index (χ1) is 13.1. The third-order valence-electron chi connectivity index (χ3n) is 4.84. The summed E-state index contributed by atoms with van der Waals surface area (Å²) < 4.78 is 16.2. The van der Waals surface area contributed by atoms with Gasteiger partial charge < -0.3 is 4.90 Å². The molecule has 4 heterocycles. The van der Waals surface area contributed by atoms with E-state index < -0.39 is 0 Å². The molecule has 0 radical (unpaired) electrons. The Morgan fingerprint density at radius 2 is 2.00 bits per heavy atom. The summed E-state index contributed by atoms with van der Waals surface area (Å²) in [5, 5.41) is 5.43. The predicted molar refractivity (Wildman–Crippen MR) is 103 cm³/mol. The van der Waals surface area contributed by atoms with E-state index in [1.165, 1.54) is 23.0 Å². The van der Waals surface area contributed by atoms with Crippen molar-refractivity contribution in [2.45, 2.75) is 26.8 Å². The van der Waals surface area contributed by atoms with Crippen molar-refractivity contribution in [2.24, 2.45) is 0 Å². The summed E-state index contributed by atoms with van der Waals surface area (Å²) in [6.45, 7) is 5.46. The summed E-state index contributed by atoms with van der Waals surface area (Å²) in [6, 6.07) is 6.69. The Morgan fingerprint density at radius 3 is 2.85 bits per heavy atom. The molecular formula is C19H17FN6S. The van der Waals surface area contributed by atoms with E-state index in [2.05, 4.69) is 25.0 Å². The first-order valence-corrected chi connectivity index (χ1v) is 9.59. The minimum atomic E-state index is -0.300. The number of aryl methyl sites for hydroxylation is 2. The van der Waals surface area contributed by atoms with Gasteiger partial charge in [0.1, 0.15) is 29.2 Å². The van der Waals surface area contributed by atoms with Crippen LogP contribution in [0, 0.1) is 19.7 Å². The van der Waals surface area contributed by atoms with Crippen LogP contribution in [0.2, 0.25) is 0 Å². The van der Waals surface area contributed by atoms with Crippen molar-refractivity contribution >= 4 is 22.7 Å². The van der Waals surface area contributed by atoms with E-state index in [1.54, 1.807) is 28.0 Å². The Morgan fingerprint density at radius 1 is 1.15 bits per heavy atom. The molecule has 0 amide bonds. The molecule has 5 rings (SSSR count). The van der Waals surface area contributed by atoms with Crippen molar-refractivity contribution in [3.05, 3.63) is 57.8 Å². The zero-order valence-electron chi connectivity index (χ0n) is 15.0. The minimum absolute atomic E-state index is 0.300. The van der Waals surface area contributed by atoms with Gasteiger partial charge in [0.05, 0.1) is 17.2 Å². The number of rotatable bonds is 2. The molecule has 4 aromatic rings. The molecule has 3 aromatic heterocycles. The van der Waals surface area contributed by atoms with Crippen LogP contribution in [-0.4, -0.2) is 31.1 Å². The highest BCUT2D eigenvalue weighted by Crippen LogP contribution is 2.34. The molecule has 6 nitrogen and oxygen atoms in total. The quantitative estimate of drug-likeness (QED) is 0.532. The van der Waals surface area contributed by atoms with Crippen LogP contribution in [0.3, 0.4) is 0 Å². The number of nitrogens with zero attached hydrogens (tertiary/aromatic N) is 6. The van der Waals surface area contributed by atoms with E-state index in [9.17, 15) is 4.39 Å². The maximum atomic E-state index is 14.5. The number of anilines is 1. The van der Waals surface area contributed by atoms with Crippen LogP contribution < -0.4 is 4.90 Å². The molecule has 0 unspecified atom stereocenters. The van der Waals surface area contributed by atoms with Crippen LogP contribution in [0.4, 0.5) is 10.2 Å². The van der Waals surface area contributed by atoms with Gasteiger partial charge in [0, 0.05) is 23.4 Å². The fourth-order valence-corrected chi connectivity index (χ4v) is 4.64. The third-order valence-corrected chi connectivity index (χ3v) is 5.84. The lowest BCUT2D eigenvalue weighted by molar-refractivity contribution is 0.631. The molecule has 1 aliphatic heterocycles. The fourth-order valence-electron chi connectivity index (χ4n) is 3.64. The molecule has 0 bridgehead atoms. The lowest BCUT2D eigenvalue weighted by Crippen LogP contribution is -2.31. The molecule has 1 aromatic carbocycles. The normalized spacial score (nSPS) is 14.0. The largest absolute Gasteiger partial charge is 0.349 e. The molecule has 0 saturated heterocycles. The van der Waals surface area contributed by atoms with Crippen molar-refractivity contribution in [1.82, 2.24) is 24.6 Å². The summed E-state index contributed by atoms with van der Waals surface area (Å²) in [4.78, 5) is 17.3. The molecule has 0 spiro atoms. The second kappa shape index (κ2) is 6.09. The number of fused-ring (bicyclic) bond motifs is 2. The maximum absolute atomic E-state index is 14.5. The Labute approximate surface area is 159 Å². The zero-order chi connectivity index (χ0) is 18.5. The molecule has 136 valence electrons. The Kier molecular flexibility index (Phi) is 3.68. The lowest BCUT2D eigenvalue weighted by atomic mass is 10.1. The molecule has 0 aliphatic carbocycles. The van der Waals surface area contributed by atoms with Crippen LogP contribution >= 0.6 is 11.3 Å². The molecule has 0 fully saturated rings. The summed E-state index contributed by atoms with van der Waals surface area (Å²) in [7, 11) is 0. The smallest absolute Gasteiger partial charge is 0.159 e. The van der Waals surface area contributed by atoms with Crippen LogP contribution in [-0.2, 0) is 13.0 Å². The van der Waals surface area contributed by atoms with Crippen molar-refractivity contribution < 1.29 is 4.39 Å². The van der Waals surface area contributed by atoms with Crippen LogP contribution in [0.15, 0.2) is 30.6 Å². The number of imidazole rings is 1. The van der Waals surface area contributed by atoms with E-state index in [0.29, 0.717) is 17.1 Å². The Hall–Kier alpha value is -2.87. The maximum Gasteiger partial charge on any atom is 0.159 e. The number of hydrogen-bond donors (Lipinski definition) is 0. The standard InChI is InChI=1S/C19H17FN6S/c1-11-23-17(13-5-3-4-6-14(13)20)18-19(21-10-22-26(11)18)25-8-7-15-16(9-25)27-12(2)24-15/h3-6,10H,7-9H2,1-2H3. The van der Waals surface area contributed by atoms with Gasteiger partial charge in [-0.3, -0.25) is 0 Å². The summed E-state index contributed by atoms with van der Waals surface area (Å²) >= 11 is 1.72. The number of halogens is 1. The second-order valence-corrected chi connectivity index (χ2v) is 7.89. The van der Waals surface area contributed by atoms with Crippen molar-refractivity contribution in [1.29, 1.82) is 0 Å². The van der Waals surface area contributed by atoms with Crippen molar-refractivity contribution in [3.8, 4) is 11.3 Å². The third kappa shape index (κ3) is 2.59. The van der Waals surface area contributed by atoms with Gasteiger partial charge in [-0.1, -0.05) is 12.1 Å². The number of aromatic nitrogens is 5. The van der Waals surface area contributed by atoms with Crippen LogP contribution in [0.25, 0.3) is 16.8 Å². The summed E-state index contributed by atoms with van der Waals surface area (Å²) in [6.07, 6.45) is 2.41. The van der Waals surface area contributed by atoms with E-state index >= 15 is 0 Å². The van der Waals surface area contributed by atoms with Gasteiger partial charge in [0.2, 0.25) is 0 Å². The van der Waals surface area contributed by atoms with Gasteiger partial charge >= 0.3 is 0 Å². The lowest BCUT2D eigenvalue weighted by Gasteiger charge is -2.27. The number of hydrogen-bond acceptors (Lipinski definition) is 6. The molecule has 0 atom stereocenters. The molecule has 27 heavy (non-hydrogen) atoms. The van der Waals surface area contributed by atoms with E-state index in [1.807, 2.05) is 19.9 Å². The van der Waals surface area contributed by atoms with Gasteiger partial charge in [-0.2, -0.15) is 5.10 Å². The molecule has 0 saturated carbocycles. The van der Waals surface area contributed by atoms with E-state index in [0.717, 1.165) is 35.9 Å². The Bertz CT molecular complexity index is 1160. The van der Waals surface area contributed by atoms with Gasteiger partial charge in [-0.25, -0.2) is 23.9 Å².